The lowest BCUT2D eigenvalue weighted by Gasteiger charge is -2.31. The van der Waals surface area contributed by atoms with Gasteiger partial charge in [-0.25, -0.2) is 4.79 Å². The van der Waals surface area contributed by atoms with Crippen LogP contribution in [0.2, 0.25) is 0 Å². The third-order valence-electron chi connectivity index (χ3n) is 5.04. The molecule has 2 aromatic carbocycles. The molecule has 152 valence electrons. The number of nitrogens with zero attached hydrogens (tertiary/aromatic N) is 2. The first kappa shape index (κ1) is 20.1. The van der Waals surface area contributed by atoms with E-state index in [0.29, 0.717) is 11.6 Å². The fourth-order valence-corrected chi connectivity index (χ4v) is 3.32. The highest BCUT2D eigenvalue weighted by Gasteiger charge is 2.25. The Kier molecular flexibility index (Phi) is 5.67. The number of nitro groups is 1. The van der Waals surface area contributed by atoms with Crippen molar-refractivity contribution in [1.29, 1.82) is 0 Å². The summed E-state index contributed by atoms with van der Waals surface area (Å²) in [7, 11) is 0. The van der Waals surface area contributed by atoms with E-state index >= 15 is 0 Å². The lowest BCUT2D eigenvalue weighted by atomic mass is 9.98. The second kappa shape index (κ2) is 8.17. The number of anilines is 2. The van der Waals surface area contributed by atoms with Gasteiger partial charge in [-0.1, -0.05) is 6.92 Å². The van der Waals surface area contributed by atoms with Crippen LogP contribution in [0, 0.1) is 16.0 Å². The minimum Gasteiger partial charge on any atom is -0.507 e. The SMILES string of the molecule is CC1CCN(c2ccc(C(=O)Nc3ccc(O)c(C(=O)O)c3)cc2[N+](=O)[O-])CC1. The van der Waals surface area contributed by atoms with E-state index in [0.717, 1.165) is 38.1 Å². The molecule has 0 radical (unpaired) electrons. The Morgan fingerprint density at radius 3 is 2.48 bits per heavy atom. The normalized spacial score (nSPS) is 14.4. The first-order valence-electron chi connectivity index (χ1n) is 9.17. The lowest BCUT2D eigenvalue weighted by molar-refractivity contribution is -0.384. The number of hydrogen-bond donors (Lipinski definition) is 3. The van der Waals surface area contributed by atoms with E-state index in [1.54, 1.807) is 6.07 Å². The predicted molar refractivity (Wildman–Crippen MR) is 107 cm³/mol. The Morgan fingerprint density at radius 1 is 1.17 bits per heavy atom. The van der Waals surface area contributed by atoms with Crippen LogP contribution in [-0.2, 0) is 0 Å². The number of carbonyl (C=O) groups is 2. The number of hydrogen-bond acceptors (Lipinski definition) is 6. The summed E-state index contributed by atoms with van der Waals surface area (Å²) in [5, 5.41) is 32.7. The molecule has 0 unspecified atom stereocenters. The molecular formula is C20H21N3O6. The maximum Gasteiger partial charge on any atom is 0.339 e. The van der Waals surface area contributed by atoms with Gasteiger partial charge in [0.15, 0.2) is 0 Å². The van der Waals surface area contributed by atoms with E-state index in [-0.39, 0.29) is 22.5 Å². The van der Waals surface area contributed by atoms with Gasteiger partial charge in [0.2, 0.25) is 0 Å². The van der Waals surface area contributed by atoms with Gasteiger partial charge in [-0.3, -0.25) is 14.9 Å². The Morgan fingerprint density at radius 2 is 1.86 bits per heavy atom. The molecule has 0 saturated carbocycles. The molecule has 3 N–H and O–H groups in total. The molecule has 1 aliphatic heterocycles. The Hall–Kier alpha value is -3.62. The number of rotatable bonds is 5. The topological polar surface area (TPSA) is 133 Å². The molecule has 0 bridgehead atoms. The molecule has 1 aliphatic rings. The summed E-state index contributed by atoms with van der Waals surface area (Å²) in [5.74, 6) is -1.80. The number of phenols is 1. The molecule has 1 amide bonds. The number of amides is 1. The Balaban J connectivity index is 1.84. The van der Waals surface area contributed by atoms with Crippen molar-refractivity contribution < 1.29 is 24.7 Å². The summed E-state index contributed by atoms with van der Waals surface area (Å²) in [6.45, 7) is 3.59. The zero-order valence-corrected chi connectivity index (χ0v) is 15.8. The molecule has 3 rings (SSSR count). The predicted octanol–water partition coefficient (Wildman–Crippen LogP) is 3.49. The molecule has 0 atom stereocenters. The van der Waals surface area contributed by atoms with Gasteiger partial charge < -0.3 is 20.4 Å². The number of aromatic carboxylic acids is 1. The van der Waals surface area contributed by atoms with E-state index < -0.39 is 22.5 Å². The molecule has 1 saturated heterocycles. The number of nitro benzene ring substituents is 1. The summed E-state index contributed by atoms with van der Waals surface area (Å²) >= 11 is 0. The van der Waals surface area contributed by atoms with Gasteiger partial charge in [-0.15, -0.1) is 0 Å². The fraction of sp³-hybridized carbons (Fsp3) is 0.300. The number of carboxylic acid groups (broad SMARTS) is 1. The van der Waals surface area contributed by atoms with Gasteiger partial charge in [-0.05, 0) is 49.1 Å². The highest BCUT2D eigenvalue weighted by atomic mass is 16.6. The van der Waals surface area contributed by atoms with Crippen molar-refractivity contribution in [3.8, 4) is 5.75 Å². The van der Waals surface area contributed by atoms with Crippen molar-refractivity contribution in [3.05, 3.63) is 57.6 Å². The molecule has 1 fully saturated rings. The highest BCUT2D eigenvalue weighted by Crippen LogP contribution is 2.32. The number of carboxylic acids is 1. The zero-order chi connectivity index (χ0) is 21.1. The molecular weight excluding hydrogens is 378 g/mol. The van der Waals surface area contributed by atoms with E-state index in [9.17, 15) is 24.8 Å². The van der Waals surface area contributed by atoms with E-state index in [1.807, 2.05) is 4.90 Å². The lowest BCUT2D eigenvalue weighted by Crippen LogP contribution is -2.33. The maximum absolute atomic E-state index is 12.5. The molecule has 2 aromatic rings. The minimum atomic E-state index is -1.34. The van der Waals surface area contributed by atoms with Crippen molar-refractivity contribution in [1.82, 2.24) is 0 Å². The Labute approximate surface area is 166 Å². The number of carbonyl (C=O) groups excluding carboxylic acids is 1. The van der Waals surface area contributed by atoms with Crippen LogP contribution in [0.15, 0.2) is 36.4 Å². The van der Waals surface area contributed by atoms with Crippen LogP contribution < -0.4 is 10.2 Å². The van der Waals surface area contributed by atoms with Crippen LogP contribution in [-0.4, -0.2) is 40.1 Å². The average molecular weight is 399 g/mol. The van der Waals surface area contributed by atoms with E-state index in [4.69, 9.17) is 5.11 Å². The smallest absolute Gasteiger partial charge is 0.339 e. The van der Waals surface area contributed by atoms with Crippen LogP contribution in [0.5, 0.6) is 5.75 Å². The third-order valence-corrected chi connectivity index (χ3v) is 5.04. The largest absolute Gasteiger partial charge is 0.507 e. The monoisotopic (exact) mass is 399 g/mol. The van der Waals surface area contributed by atoms with Crippen molar-refractivity contribution in [2.45, 2.75) is 19.8 Å². The van der Waals surface area contributed by atoms with Crippen LogP contribution in [0.4, 0.5) is 17.1 Å². The van der Waals surface area contributed by atoms with Gasteiger partial charge in [0.05, 0.1) is 4.92 Å². The molecule has 1 heterocycles. The maximum atomic E-state index is 12.5. The molecule has 9 heteroatoms. The summed E-state index contributed by atoms with van der Waals surface area (Å²) < 4.78 is 0. The number of aromatic hydroxyl groups is 1. The third kappa shape index (κ3) is 4.45. The van der Waals surface area contributed by atoms with Crippen molar-refractivity contribution in [2.24, 2.45) is 5.92 Å². The highest BCUT2D eigenvalue weighted by molar-refractivity contribution is 6.05. The number of piperidine rings is 1. The summed E-state index contributed by atoms with van der Waals surface area (Å²) in [6.07, 6.45) is 1.90. The van der Waals surface area contributed by atoms with Gasteiger partial charge >= 0.3 is 5.97 Å². The molecule has 9 nitrogen and oxygen atoms in total. The van der Waals surface area contributed by atoms with Crippen LogP contribution in [0.25, 0.3) is 0 Å². The quantitative estimate of drug-likeness (QED) is 0.398. The van der Waals surface area contributed by atoms with E-state index in [1.165, 1.54) is 18.2 Å². The van der Waals surface area contributed by atoms with Crippen molar-refractivity contribution in [3.63, 3.8) is 0 Å². The molecule has 0 spiro atoms. The fourth-order valence-electron chi connectivity index (χ4n) is 3.32. The molecule has 0 aromatic heterocycles. The first-order chi connectivity index (χ1) is 13.8. The number of benzene rings is 2. The van der Waals surface area contributed by atoms with Crippen molar-refractivity contribution >= 4 is 28.9 Å². The zero-order valence-electron chi connectivity index (χ0n) is 15.8. The minimum absolute atomic E-state index is 0.0794. The summed E-state index contributed by atoms with van der Waals surface area (Å²) in [5.41, 5.74) is 0.210. The van der Waals surface area contributed by atoms with E-state index in [2.05, 4.69) is 12.2 Å². The average Bonchev–Trinajstić information content (AvgIpc) is 2.69. The second-order valence-corrected chi connectivity index (χ2v) is 7.12. The number of nitrogens with one attached hydrogen (secondary N) is 1. The standard InChI is InChI=1S/C20H21N3O6/c1-12-6-8-22(9-7-12)16-4-2-13(10-17(16)23(28)29)19(25)21-14-3-5-18(24)15(11-14)20(26)27/h2-5,10-12,24H,6-9H2,1H3,(H,21,25)(H,26,27). The van der Waals surface area contributed by atoms with Crippen molar-refractivity contribution in [2.75, 3.05) is 23.3 Å². The summed E-state index contributed by atoms with van der Waals surface area (Å²) in [6, 6.07) is 7.92. The van der Waals surface area contributed by atoms with Gasteiger partial charge in [0, 0.05) is 30.4 Å². The Bertz CT molecular complexity index is 967. The second-order valence-electron chi connectivity index (χ2n) is 7.12. The van der Waals surface area contributed by atoms with Crippen LogP contribution in [0.1, 0.15) is 40.5 Å². The molecule has 0 aliphatic carbocycles. The van der Waals surface area contributed by atoms with Crippen LogP contribution in [0.3, 0.4) is 0 Å². The van der Waals surface area contributed by atoms with Crippen LogP contribution >= 0.6 is 0 Å². The first-order valence-corrected chi connectivity index (χ1v) is 9.17. The van der Waals surface area contributed by atoms with Gasteiger partial charge in [0.25, 0.3) is 11.6 Å². The summed E-state index contributed by atoms with van der Waals surface area (Å²) in [4.78, 5) is 36.7. The van der Waals surface area contributed by atoms with Gasteiger partial charge in [0.1, 0.15) is 17.0 Å². The molecule has 29 heavy (non-hydrogen) atoms. The van der Waals surface area contributed by atoms with Gasteiger partial charge in [-0.2, -0.15) is 0 Å².